The van der Waals surface area contributed by atoms with Gasteiger partial charge in [0, 0.05) is 12.2 Å². The summed E-state index contributed by atoms with van der Waals surface area (Å²) < 4.78 is 2.42. The number of aryl methyl sites for hydroxylation is 1. The SMILES string of the molecule is CC1CCc2nc3n(c2C1)CC(C)CC3N. The molecule has 3 atom stereocenters. The maximum absolute atomic E-state index is 6.20. The predicted molar refractivity (Wildman–Crippen MR) is 64.1 cm³/mol. The molecular weight excluding hydrogens is 198 g/mol. The highest BCUT2D eigenvalue weighted by Crippen LogP contribution is 2.33. The molecule has 0 bridgehead atoms. The van der Waals surface area contributed by atoms with Gasteiger partial charge in [0.2, 0.25) is 0 Å². The van der Waals surface area contributed by atoms with Crippen LogP contribution < -0.4 is 5.73 Å². The van der Waals surface area contributed by atoms with E-state index >= 15 is 0 Å². The first kappa shape index (κ1) is 10.3. The zero-order chi connectivity index (χ0) is 11.3. The first-order valence-electron chi connectivity index (χ1n) is 6.49. The van der Waals surface area contributed by atoms with Crippen molar-refractivity contribution in [2.75, 3.05) is 0 Å². The summed E-state index contributed by atoms with van der Waals surface area (Å²) in [5.41, 5.74) is 9.01. The van der Waals surface area contributed by atoms with E-state index in [1.54, 1.807) is 0 Å². The van der Waals surface area contributed by atoms with E-state index in [0.29, 0.717) is 5.92 Å². The highest BCUT2D eigenvalue weighted by molar-refractivity contribution is 5.23. The maximum Gasteiger partial charge on any atom is 0.126 e. The number of imidazole rings is 1. The highest BCUT2D eigenvalue weighted by Gasteiger charge is 2.30. The van der Waals surface area contributed by atoms with Crippen molar-refractivity contribution in [3.63, 3.8) is 0 Å². The van der Waals surface area contributed by atoms with Crippen LogP contribution >= 0.6 is 0 Å². The van der Waals surface area contributed by atoms with Crippen LogP contribution in [0.4, 0.5) is 0 Å². The third kappa shape index (κ3) is 1.49. The third-order valence-corrected chi connectivity index (χ3v) is 4.08. The third-order valence-electron chi connectivity index (χ3n) is 4.08. The monoisotopic (exact) mass is 219 g/mol. The molecule has 3 nitrogen and oxygen atoms in total. The Bertz CT molecular complexity index is 408. The Morgan fingerprint density at radius 1 is 1.31 bits per heavy atom. The molecule has 0 amide bonds. The fourth-order valence-corrected chi connectivity index (χ4v) is 3.21. The normalized spacial score (nSPS) is 33.3. The molecular formula is C13H21N3. The topological polar surface area (TPSA) is 43.8 Å². The van der Waals surface area contributed by atoms with E-state index in [0.717, 1.165) is 31.1 Å². The molecule has 1 aromatic heterocycles. The molecule has 3 heteroatoms. The van der Waals surface area contributed by atoms with Crippen molar-refractivity contribution in [3.8, 4) is 0 Å². The number of hydrogen-bond acceptors (Lipinski definition) is 2. The Labute approximate surface area is 97.0 Å². The fraction of sp³-hybridized carbons (Fsp3) is 0.769. The van der Waals surface area contributed by atoms with Crippen LogP contribution in [-0.4, -0.2) is 9.55 Å². The minimum Gasteiger partial charge on any atom is -0.330 e. The molecule has 3 unspecified atom stereocenters. The maximum atomic E-state index is 6.20. The molecule has 0 spiro atoms. The summed E-state index contributed by atoms with van der Waals surface area (Å²) in [5.74, 6) is 2.65. The van der Waals surface area contributed by atoms with Crippen LogP contribution in [0.15, 0.2) is 0 Å². The van der Waals surface area contributed by atoms with Crippen LogP contribution in [0.25, 0.3) is 0 Å². The average Bonchev–Trinajstić information content (AvgIpc) is 2.57. The van der Waals surface area contributed by atoms with Crippen molar-refractivity contribution in [1.29, 1.82) is 0 Å². The lowest BCUT2D eigenvalue weighted by molar-refractivity contribution is 0.336. The lowest BCUT2D eigenvalue weighted by atomic mass is 9.91. The van der Waals surface area contributed by atoms with Gasteiger partial charge < -0.3 is 10.3 Å². The highest BCUT2D eigenvalue weighted by atomic mass is 15.1. The van der Waals surface area contributed by atoms with E-state index in [1.807, 2.05) is 0 Å². The molecule has 0 radical (unpaired) electrons. The summed E-state index contributed by atoms with van der Waals surface area (Å²) in [7, 11) is 0. The van der Waals surface area contributed by atoms with Crippen LogP contribution in [0, 0.1) is 11.8 Å². The molecule has 0 aromatic carbocycles. The van der Waals surface area contributed by atoms with Gasteiger partial charge in [0.15, 0.2) is 0 Å². The zero-order valence-corrected chi connectivity index (χ0v) is 10.2. The zero-order valence-electron chi connectivity index (χ0n) is 10.2. The van der Waals surface area contributed by atoms with Gasteiger partial charge in [0.25, 0.3) is 0 Å². The van der Waals surface area contributed by atoms with Crippen molar-refractivity contribution < 1.29 is 0 Å². The fourth-order valence-electron chi connectivity index (χ4n) is 3.21. The van der Waals surface area contributed by atoms with Crippen LogP contribution in [0.1, 0.15) is 49.9 Å². The van der Waals surface area contributed by atoms with Gasteiger partial charge in [-0.05, 0) is 37.5 Å². The molecule has 2 N–H and O–H groups in total. The van der Waals surface area contributed by atoms with E-state index in [4.69, 9.17) is 10.7 Å². The summed E-state index contributed by atoms with van der Waals surface area (Å²) in [6, 6.07) is 0.157. The lowest BCUT2D eigenvalue weighted by Gasteiger charge is -2.28. The molecule has 2 heterocycles. The molecule has 1 aliphatic carbocycles. The first-order chi connectivity index (χ1) is 7.65. The molecule has 0 saturated heterocycles. The van der Waals surface area contributed by atoms with Crippen molar-refractivity contribution in [3.05, 3.63) is 17.2 Å². The van der Waals surface area contributed by atoms with Gasteiger partial charge in [-0.15, -0.1) is 0 Å². The second-order valence-electron chi connectivity index (χ2n) is 5.77. The van der Waals surface area contributed by atoms with Crippen molar-refractivity contribution >= 4 is 0 Å². The summed E-state index contributed by atoms with van der Waals surface area (Å²) in [4.78, 5) is 4.78. The van der Waals surface area contributed by atoms with Crippen molar-refractivity contribution in [2.45, 2.75) is 52.1 Å². The van der Waals surface area contributed by atoms with Gasteiger partial charge in [-0.25, -0.2) is 4.98 Å². The summed E-state index contributed by atoms with van der Waals surface area (Å²) >= 11 is 0. The summed E-state index contributed by atoms with van der Waals surface area (Å²) in [5, 5.41) is 0. The van der Waals surface area contributed by atoms with Crippen LogP contribution in [0.3, 0.4) is 0 Å². The van der Waals surface area contributed by atoms with Crippen LogP contribution in [-0.2, 0) is 19.4 Å². The van der Waals surface area contributed by atoms with Gasteiger partial charge in [0.05, 0.1) is 11.7 Å². The predicted octanol–water partition coefficient (Wildman–Crippen LogP) is 2.05. The van der Waals surface area contributed by atoms with Crippen molar-refractivity contribution in [2.24, 2.45) is 17.6 Å². The minimum absolute atomic E-state index is 0.157. The molecule has 1 aliphatic heterocycles. The summed E-state index contributed by atoms with van der Waals surface area (Å²) in [6.45, 7) is 5.76. The number of hydrogen-bond donors (Lipinski definition) is 1. The minimum atomic E-state index is 0.157. The van der Waals surface area contributed by atoms with E-state index in [-0.39, 0.29) is 6.04 Å². The number of aromatic nitrogens is 2. The van der Waals surface area contributed by atoms with Gasteiger partial charge in [-0.3, -0.25) is 0 Å². The Morgan fingerprint density at radius 3 is 2.94 bits per heavy atom. The molecule has 88 valence electrons. The number of nitrogens with zero attached hydrogens (tertiary/aromatic N) is 2. The molecule has 0 fully saturated rings. The van der Waals surface area contributed by atoms with Gasteiger partial charge in [0.1, 0.15) is 5.82 Å². The lowest BCUT2D eigenvalue weighted by Crippen LogP contribution is -2.28. The standard InChI is InChI=1S/C13H21N3/c1-8-3-4-11-12(6-8)16-7-9(2)5-10(14)13(16)15-11/h8-10H,3-7,14H2,1-2H3. The molecule has 3 rings (SSSR count). The Balaban J connectivity index is 2.05. The molecule has 2 aliphatic rings. The second kappa shape index (κ2) is 3.59. The number of fused-ring (bicyclic) bond motifs is 3. The average molecular weight is 219 g/mol. The Hall–Kier alpha value is -0.830. The molecule has 0 saturated carbocycles. The molecule has 16 heavy (non-hydrogen) atoms. The summed E-state index contributed by atoms with van der Waals surface area (Å²) in [6.07, 6.45) is 4.72. The van der Waals surface area contributed by atoms with E-state index in [9.17, 15) is 0 Å². The Morgan fingerprint density at radius 2 is 2.12 bits per heavy atom. The largest absolute Gasteiger partial charge is 0.330 e. The van der Waals surface area contributed by atoms with E-state index < -0.39 is 0 Å². The van der Waals surface area contributed by atoms with Gasteiger partial charge in [-0.2, -0.15) is 0 Å². The second-order valence-corrected chi connectivity index (χ2v) is 5.77. The quantitative estimate of drug-likeness (QED) is 0.725. The Kier molecular flexibility index (Phi) is 2.32. The van der Waals surface area contributed by atoms with E-state index in [1.165, 1.54) is 24.2 Å². The van der Waals surface area contributed by atoms with Crippen LogP contribution in [0.2, 0.25) is 0 Å². The van der Waals surface area contributed by atoms with Gasteiger partial charge >= 0.3 is 0 Å². The smallest absolute Gasteiger partial charge is 0.126 e. The molecule has 1 aromatic rings. The van der Waals surface area contributed by atoms with Crippen LogP contribution in [0.5, 0.6) is 0 Å². The van der Waals surface area contributed by atoms with E-state index in [2.05, 4.69) is 18.4 Å². The number of nitrogens with two attached hydrogens (primary N) is 1. The van der Waals surface area contributed by atoms with Crippen molar-refractivity contribution in [1.82, 2.24) is 9.55 Å². The number of rotatable bonds is 0. The van der Waals surface area contributed by atoms with Gasteiger partial charge in [-0.1, -0.05) is 13.8 Å². The first-order valence-corrected chi connectivity index (χ1v) is 6.49.